The van der Waals surface area contributed by atoms with Gasteiger partial charge in [0.1, 0.15) is 0 Å². The molecular formula is C12H25N5. The molecule has 0 saturated carbocycles. The minimum Gasteiger partial charge on any atom is -0.321 e. The average molecular weight is 239 g/mol. The third-order valence-corrected chi connectivity index (χ3v) is 3.81. The molecule has 0 aliphatic carbocycles. The third-order valence-electron chi connectivity index (χ3n) is 3.81. The first-order chi connectivity index (χ1) is 7.97. The maximum Gasteiger partial charge on any atom is 0.0773 e. The molecule has 1 aromatic heterocycles. The van der Waals surface area contributed by atoms with Gasteiger partial charge in [0.15, 0.2) is 0 Å². The summed E-state index contributed by atoms with van der Waals surface area (Å²) in [7, 11) is 4.13. The van der Waals surface area contributed by atoms with Crippen LogP contribution in [0.4, 0.5) is 0 Å². The predicted octanol–water partition coefficient (Wildman–Crippen LogP) is 1.42. The van der Waals surface area contributed by atoms with Crippen molar-refractivity contribution in [2.75, 3.05) is 14.1 Å². The molecule has 1 rings (SSSR count). The van der Waals surface area contributed by atoms with Gasteiger partial charge >= 0.3 is 0 Å². The van der Waals surface area contributed by atoms with Gasteiger partial charge < -0.3 is 10.6 Å². The van der Waals surface area contributed by atoms with Gasteiger partial charge in [0.2, 0.25) is 0 Å². The van der Waals surface area contributed by atoms with Gasteiger partial charge in [0.25, 0.3) is 0 Å². The van der Waals surface area contributed by atoms with E-state index in [1.54, 1.807) is 6.20 Å². The van der Waals surface area contributed by atoms with Crippen molar-refractivity contribution in [1.29, 1.82) is 0 Å². The maximum atomic E-state index is 6.42. The topological polar surface area (TPSA) is 60.0 Å². The minimum atomic E-state index is -0.0796. The highest BCUT2D eigenvalue weighted by molar-refractivity contribution is 5.10. The highest BCUT2D eigenvalue weighted by Gasteiger charge is 2.35. The zero-order chi connectivity index (χ0) is 13.1. The van der Waals surface area contributed by atoms with Crippen molar-refractivity contribution < 1.29 is 0 Å². The lowest BCUT2D eigenvalue weighted by atomic mass is 9.86. The molecule has 2 N–H and O–H groups in total. The summed E-state index contributed by atoms with van der Waals surface area (Å²) in [6.07, 6.45) is 3.81. The second-order valence-electron chi connectivity index (χ2n) is 4.96. The van der Waals surface area contributed by atoms with Gasteiger partial charge in [-0.05, 0) is 33.9 Å². The first-order valence-electron chi connectivity index (χ1n) is 6.28. The molecular weight excluding hydrogens is 214 g/mol. The molecule has 1 aromatic rings. The summed E-state index contributed by atoms with van der Waals surface area (Å²) in [6.45, 7) is 7.34. The van der Waals surface area contributed by atoms with Crippen LogP contribution >= 0.6 is 0 Å². The Morgan fingerprint density at radius 2 is 2.12 bits per heavy atom. The van der Waals surface area contributed by atoms with Gasteiger partial charge in [0, 0.05) is 12.1 Å². The fraction of sp³-hybridized carbons (Fsp3) is 0.833. The highest BCUT2D eigenvalue weighted by atomic mass is 15.4. The Bertz CT molecular complexity index is 346. The summed E-state index contributed by atoms with van der Waals surface area (Å²) in [5.74, 6) is 0. The van der Waals surface area contributed by atoms with Crippen molar-refractivity contribution in [3.8, 4) is 0 Å². The zero-order valence-electron chi connectivity index (χ0n) is 11.6. The van der Waals surface area contributed by atoms with Gasteiger partial charge in [-0.3, -0.25) is 0 Å². The maximum absolute atomic E-state index is 6.42. The number of likely N-dealkylation sites (N-methyl/N-ethyl adjacent to an activating group) is 1. The smallest absolute Gasteiger partial charge is 0.0773 e. The van der Waals surface area contributed by atoms with Crippen molar-refractivity contribution in [1.82, 2.24) is 19.9 Å². The molecule has 17 heavy (non-hydrogen) atoms. The molecule has 98 valence electrons. The van der Waals surface area contributed by atoms with Crippen molar-refractivity contribution in [3.63, 3.8) is 0 Å². The van der Waals surface area contributed by atoms with E-state index in [4.69, 9.17) is 5.73 Å². The normalized spacial score (nSPS) is 17.1. The van der Waals surface area contributed by atoms with Crippen LogP contribution in [0.5, 0.6) is 0 Å². The van der Waals surface area contributed by atoms with Crippen LogP contribution in [-0.2, 0) is 6.54 Å². The molecule has 5 heteroatoms. The second kappa shape index (κ2) is 5.60. The van der Waals surface area contributed by atoms with Gasteiger partial charge in [-0.1, -0.05) is 19.1 Å². The van der Waals surface area contributed by atoms with E-state index in [1.807, 2.05) is 4.68 Å². The molecule has 0 bridgehead atoms. The number of hydrogen-bond donors (Lipinski definition) is 1. The number of hydrogen-bond acceptors (Lipinski definition) is 4. The summed E-state index contributed by atoms with van der Waals surface area (Å²) in [5.41, 5.74) is 7.36. The lowest BCUT2D eigenvalue weighted by Gasteiger charge is -2.40. The van der Waals surface area contributed by atoms with Crippen molar-refractivity contribution in [2.24, 2.45) is 5.73 Å². The number of rotatable bonds is 6. The molecule has 0 saturated heterocycles. The average Bonchev–Trinajstić information content (AvgIpc) is 2.75. The monoisotopic (exact) mass is 239 g/mol. The largest absolute Gasteiger partial charge is 0.321 e. The van der Waals surface area contributed by atoms with Crippen molar-refractivity contribution in [2.45, 2.75) is 51.7 Å². The lowest BCUT2D eigenvalue weighted by Crippen LogP contribution is -2.50. The molecule has 0 aliphatic heterocycles. The molecule has 0 fully saturated rings. The zero-order valence-corrected chi connectivity index (χ0v) is 11.6. The second-order valence-corrected chi connectivity index (χ2v) is 4.96. The van der Waals surface area contributed by atoms with Crippen LogP contribution in [0.2, 0.25) is 0 Å². The summed E-state index contributed by atoms with van der Waals surface area (Å²) < 4.78 is 1.92. The standard InChI is InChI=1S/C12H25N5/c1-6-8-17-10(9-14-15-17)11(13)12(3,7-2)16(4)5/h9,11H,6-8,13H2,1-5H3. The van der Waals surface area contributed by atoms with E-state index in [0.717, 1.165) is 25.1 Å². The molecule has 0 aliphatic rings. The summed E-state index contributed by atoms with van der Waals surface area (Å²) >= 11 is 0. The fourth-order valence-electron chi connectivity index (χ4n) is 2.02. The molecule has 0 spiro atoms. The molecule has 0 aromatic carbocycles. The van der Waals surface area contributed by atoms with E-state index < -0.39 is 0 Å². The quantitative estimate of drug-likeness (QED) is 0.815. The van der Waals surface area contributed by atoms with Crippen molar-refractivity contribution >= 4 is 0 Å². The lowest BCUT2D eigenvalue weighted by molar-refractivity contribution is 0.127. The molecule has 1 heterocycles. The van der Waals surface area contributed by atoms with Crippen LogP contribution in [0, 0.1) is 0 Å². The Hall–Kier alpha value is -0.940. The van der Waals surface area contributed by atoms with Gasteiger partial charge in [0.05, 0.1) is 17.9 Å². The number of nitrogens with two attached hydrogens (primary N) is 1. The minimum absolute atomic E-state index is 0.0762. The first kappa shape index (κ1) is 14.1. The Balaban J connectivity index is 3.01. The van der Waals surface area contributed by atoms with Gasteiger partial charge in [-0.2, -0.15) is 0 Å². The predicted molar refractivity (Wildman–Crippen MR) is 69.6 cm³/mol. The fourth-order valence-corrected chi connectivity index (χ4v) is 2.02. The van der Waals surface area contributed by atoms with Gasteiger partial charge in [-0.15, -0.1) is 5.10 Å². The Labute approximate surface area is 104 Å². The molecule has 2 unspecified atom stereocenters. The van der Waals surface area contributed by atoms with Crippen LogP contribution in [0.15, 0.2) is 6.20 Å². The van der Waals surface area contributed by atoms with Crippen LogP contribution in [0.1, 0.15) is 45.3 Å². The first-order valence-corrected chi connectivity index (χ1v) is 6.28. The number of aromatic nitrogens is 3. The summed E-state index contributed by atoms with van der Waals surface area (Å²) in [4.78, 5) is 2.18. The highest BCUT2D eigenvalue weighted by Crippen LogP contribution is 2.30. The van der Waals surface area contributed by atoms with E-state index in [9.17, 15) is 0 Å². The molecule has 0 amide bonds. The molecule has 0 radical (unpaired) electrons. The van der Waals surface area contributed by atoms with E-state index in [-0.39, 0.29) is 11.6 Å². The van der Waals surface area contributed by atoms with Crippen LogP contribution in [-0.4, -0.2) is 39.5 Å². The van der Waals surface area contributed by atoms with E-state index in [2.05, 4.69) is 50.1 Å². The van der Waals surface area contributed by atoms with Crippen LogP contribution in [0.3, 0.4) is 0 Å². The number of aryl methyl sites for hydroxylation is 1. The number of nitrogens with zero attached hydrogens (tertiary/aromatic N) is 4. The van der Waals surface area contributed by atoms with Crippen molar-refractivity contribution in [3.05, 3.63) is 11.9 Å². The van der Waals surface area contributed by atoms with E-state index in [1.165, 1.54) is 0 Å². The molecule has 5 nitrogen and oxygen atoms in total. The van der Waals surface area contributed by atoms with E-state index >= 15 is 0 Å². The Kier molecular flexibility index (Phi) is 4.65. The van der Waals surface area contributed by atoms with Crippen LogP contribution in [0.25, 0.3) is 0 Å². The van der Waals surface area contributed by atoms with E-state index in [0.29, 0.717) is 0 Å². The Morgan fingerprint density at radius 3 is 2.59 bits per heavy atom. The third kappa shape index (κ3) is 2.66. The SMILES string of the molecule is CCCn1nncc1C(N)C(C)(CC)N(C)C. The summed E-state index contributed by atoms with van der Waals surface area (Å²) in [6, 6.07) is -0.0796. The summed E-state index contributed by atoms with van der Waals surface area (Å²) in [5, 5.41) is 8.09. The Morgan fingerprint density at radius 1 is 1.47 bits per heavy atom. The van der Waals surface area contributed by atoms with Gasteiger partial charge in [-0.25, -0.2) is 4.68 Å². The molecule has 2 atom stereocenters. The van der Waals surface area contributed by atoms with Crippen LogP contribution < -0.4 is 5.73 Å².